The number of hydrogen-bond donors (Lipinski definition) is 4. The summed E-state index contributed by atoms with van der Waals surface area (Å²) in [6.07, 6.45) is 2.16. The van der Waals surface area contributed by atoms with Gasteiger partial charge in [-0.2, -0.15) is 21.6 Å². The molecule has 6 N–H and O–H groups in total. The second kappa shape index (κ2) is 8.24. The molecule has 0 aromatic heterocycles. The number of carboxylic acids is 1. The Morgan fingerprint density at radius 3 is 1.89 bits per heavy atom. The van der Waals surface area contributed by atoms with Crippen molar-refractivity contribution in [2.24, 2.45) is 11.5 Å². The van der Waals surface area contributed by atoms with E-state index in [0.717, 1.165) is 12.8 Å². The fraction of sp³-hybridized carbons (Fsp3) is 0.857. The predicted molar refractivity (Wildman–Crippen MR) is 56.1 cm³/mol. The summed E-state index contributed by atoms with van der Waals surface area (Å²) in [5, 5.41) is 8.33. The minimum absolute atomic E-state index is 0.520. The number of nitrogens with two attached hydrogens (primary N) is 2. The van der Waals surface area contributed by atoms with Crippen LogP contribution in [0.3, 0.4) is 0 Å². The number of hydrogen-bond acceptors (Lipinski definition) is 5. The van der Waals surface area contributed by atoms with Crippen LogP contribution in [0.5, 0.6) is 0 Å². The van der Waals surface area contributed by atoms with Crippen LogP contribution in [0.15, 0.2) is 0 Å². The van der Waals surface area contributed by atoms with E-state index in [9.17, 15) is 18.0 Å². The quantitative estimate of drug-likeness (QED) is 0.315. The average Bonchev–Trinajstić information content (AvgIpc) is 2.15. The summed E-state index contributed by atoms with van der Waals surface area (Å²) >= 11 is 0. The lowest BCUT2D eigenvalue weighted by Crippen LogP contribution is -2.29. The van der Waals surface area contributed by atoms with Gasteiger partial charge in [0.1, 0.15) is 6.04 Å². The molecule has 0 saturated carbocycles. The largest absolute Gasteiger partial charge is 0.522 e. The monoisotopic (exact) mass is 296 g/mol. The molecule has 0 aromatic rings. The number of carboxylic acid groups (broad SMARTS) is 1. The van der Waals surface area contributed by atoms with E-state index < -0.39 is 27.6 Å². The Hall–Kier alpha value is -0.910. The van der Waals surface area contributed by atoms with Crippen LogP contribution in [-0.2, 0) is 14.9 Å². The number of aliphatic carboxylic acids is 1. The summed E-state index contributed by atoms with van der Waals surface area (Å²) in [4.78, 5) is 10.1. The van der Waals surface area contributed by atoms with Gasteiger partial charge in [0.05, 0.1) is 0 Å². The molecule has 0 amide bonds. The third-order valence-corrected chi connectivity index (χ3v) is 2.16. The molecule has 0 rings (SSSR count). The van der Waals surface area contributed by atoms with Gasteiger partial charge in [-0.15, -0.1) is 0 Å². The van der Waals surface area contributed by atoms with E-state index in [-0.39, 0.29) is 0 Å². The highest BCUT2D eigenvalue weighted by molar-refractivity contribution is 7.86. The van der Waals surface area contributed by atoms with Crippen LogP contribution in [0, 0.1) is 0 Å². The molecule has 0 fully saturated rings. The maximum absolute atomic E-state index is 10.7. The van der Waals surface area contributed by atoms with Crippen LogP contribution in [0.1, 0.15) is 19.3 Å². The summed E-state index contributed by atoms with van der Waals surface area (Å²) in [5.41, 5.74) is 4.88. The minimum atomic E-state index is -5.84. The average molecular weight is 296 g/mol. The molecule has 0 bridgehead atoms. The highest BCUT2D eigenvalue weighted by Crippen LogP contribution is 2.20. The van der Waals surface area contributed by atoms with Crippen molar-refractivity contribution in [3.63, 3.8) is 0 Å². The molecule has 0 saturated heterocycles. The van der Waals surface area contributed by atoms with E-state index in [0.29, 0.717) is 13.0 Å². The highest BCUT2D eigenvalue weighted by Gasteiger charge is 2.44. The Morgan fingerprint density at radius 2 is 1.67 bits per heavy atom. The molecule has 0 aliphatic rings. The van der Waals surface area contributed by atoms with Gasteiger partial charge in [-0.3, -0.25) is 9.35 Å². The van der Waals surface area contributed by atoms with Gasteiger partial charge in [-0.25, -0.2) is 0 Å². The third kappa shape index (κ3) is 10.3. The summed E-state index contributed by atoms with van der Waals surface area (Å²) in [6.45, 7) is 0.604. The summed E-state index contributed by atoms with van der Waals surface area (Å²) in [5.74, 6) is -0.933. The van der Waals surface area contributed by atoms with Crippen LogP contribution in [0.25, 0.3) is 0 Å². The topological polar surface area (TPSA) is 144 Å². The summed E-state index contributed by atoms with van der Waals surface area (Å²) in [6, 6.07) is -0.716. The molecule has 11 heteroatoms. The highest BCUT2D eigenvalue weighted by atomic mass is 32.2. The number of carbonyl (C=O) groups is 1. The predicted octanol–water partition coefficient (Wildman–Crippen LogP) is -0.0787. The van der Waals surface area contributed by atoms with E-state index in [1.54, 1.807) is 0 Å². The molecule has 0 aromatic carbocycles. The lowest BCUT2D eigenvalue weighted by atomic mass is 10.1. The van der Waals surface area contributed by atoms with Crippen molar-refractivity contribution in [1.82, 2.24) is 0 Å². The number of halogens is 3. The molecule has 0 spiro atoms. The molecule has 0 aliphatic carbocycles. The second-order valence-electron chi connectivity index (χ2n) is 3.15. The lowest BCUT2D eigenvalue weighted by Gasteiger charge is -2.03. The normalized spacial score (nSPS) is 13.4. The first-order chi connectivity index (χ1) is 7.93. The zero-order chi connectivity index (χ0) is 15.0. The van der Waals surface area contributed by atoms with Crippen molar-refractivity contribution in [3.05, 3.63) is 0 Å². The second-order valence-corrected chi connectivity index (χ2v) is 4.56. The summed E-state index contributed by atoms with van der Waals surface area (Å²) in [7, 11) is -5.84. The number of rotatable bonds is 5. The van der Waals surface area contributed by atoms with Crippen molar-refractivity contribution < 1.29 is 36.0 Å². The summed E-state index contributed by atoms with van der Waals surface area (Å²) < 4.78 is 57.5. The van der Waals surface area contributed by atoms with Gasteiger partial charge in [0.25, 0.3) is 0 Å². The number of alkyl halides is 3. The molecule has 18 heavy (non-hydrogen) atoms. The van der Waals surface area contributed by atoms with Crippen molar-refractivity contribution >= 4 is 16.1 Å². The van der Waals surface area contributed by atoms with E-state index in [1.807, 2.05) is 0 Å². The molecule has 0 radical (unpaired) electrons. The van der Waals surface area contributed by atoms with Crippen LogP contribution in [0.4, 0.5) is 13.2 Å². The first kappa shape index (κ1) is 19.4. The van der Waals surface area contributed by atoms with E-state index in [4.69, 9.17) is 29.5 Å². The zero-order valence-corrected chi connectivity index (χ0v) is 10.0. The first-order valence-corrected chi connectivity index (χ1v) is 6.09. The molecule has 0 aliphatic heterocycles. The van der Waals surface area contributed by atoms with Gasteiger partial charge in [0.15, 0.2) is 0 Å². The van der Waals surface area contributed by atoms with Crippen molar-refractivity contribution in [1.29, 1.82) is 0 Å². The van der Waals surface area contributed by atoms with E-state index in [2.05, 4.69) is 0 Å². The van der Waals surface area contributed by atoms with Gasteiger partial charge < -0.3 is 16.6 Å². The number of unbranched alkanes of at least 4 members (excludes halogenated alkanes) is 1. The van der Waals surface area contributed by atoms with Crippen molar-refractivity contribution in [2.45, 2.75) is 30.8 Å². The van der Waals surface area contributed by atoms with Gasteiger partial charge in [0.2, 0.25) is 0 Å². The molecule has 0 heterocycles. The van der Waals surface area contributed by atoms with Crippen LogP contribution in [0.2, 0.25) is 0 Å². The van der Waals surface area contributed by atoms with Gasteiger partial charge in [-0.05, 0) is 19.4 Å². The van der Waals surface area contributed by atoms with E-state index >= 15 is 0 Å². The molecule has 1 unspecified atom stereocenters. The maximum atomic E-state index is 10.7. The zero-order valence-electron chi connectivity index (χ0n) is 9.22. The van der Waals surface area contributed by atoms with Gasteiger partial charge in [0, 0.05) is 0 Å². The molecular weight excluding hydrogens is 281 g/mol. The van der Waals surface area contributed by atoms with Crippen molar-refractivity contribution in [2.75, 3.05) is 6.54 Å². The Balaban J connectivity index is 0. The molecular formula is C7H15F3N2O5S. The SMILES string of the molecule is NCCCCC(N)C(=O)O.O=S(=O)(O)C(F)(F)F. The Morgan fingerprint density at radius 1 is 1.28 bits per heavy atom. The van der Waals surface area contributed by atoms with Gasteiger partial charge in [-0.1, -0.05) is 6.42 Å². The van der Waals surface area contributed by atoms with Crippen LogP contribution < -0.4 is 11.5 Å². The standard InChI is InChI=1S/C6H14N2O2.CHF3O3S/c7-4-2-1-3-5(8)6(9)10;2-1(3,4)8(5,6)7/h5H,1-4,7-8H2,(H,9,10);(H,5,6,7). The molecule has 1 atom stereocenters. The fourth-order valence-corrected chi connectivity index (χ4v) is 0.632. The lowest BCUT2D eigenvalue weighted by molar-refractivity contribution is -0.138. The Labute approximate surface area is 102 Å². The van der Waals surface area contributed by atoms with Gasteiger partial charge >= 0.3 is 21.6 Å². The smallest absolute Gasteiger partial charge is 0.480 e. The van der Waals surface area contributed by atoms with Crippen molar-refractivity contribution in [3.8, 4) is 0 Å². The third-order valence-electron chi connectivity index (χ3n) is 1.58. The minimum Gasteiger partial charge on any atom is -0.480 e. The first-order valence-electron chi connectivity index (χ1n) is 4.65. The van der Waals surface area contributed by atoms with E-state index in [1.165, 1.54) is 0 Å². The Kier molecular flexibility index (Phi) is 8.89. The maximum Gasteiger partial charge on any atom is 0.522 e. The van der Waals surface area contributed by atoms with Crippen LogP contribution in [-0.4, -0.2) is 42.1 Å². The molecule has 7 nitrogen and oxygen atoms in total. The molecule has 110 valence electrons. The fourth-order valence-electron chi connectivity index (χ4n) is 0.632. The van der Waals surface area contributed by atoms with Crippen LogP contribution >= 0.6 is 0 Å². The Bertz CT molecular complexity index is 343.